The second kappa shape index (κ2) is 6.66. The number of hydrogen-bond donors (Lipinski definition) is 0. The highest BCUT2D eigenvalue weighted by Gasteiger charge is 2.24. The quantitative estimate of drug-likeness (QED) is 0.661. The number of nitrogens with zero attached hydrogens (tertiary/aromatic N) is 2. The Bertz CT molecular complexity index is 947. The molecule has 0 N–H and O–H groups in total. The maximum Gasteiger partial charge on any atom is 0.349 e. The van der Waals surface area contributed by atoms with Crippen LogP contribution in [0.5, 0.6) is 5.88 Å². The molecule has 0 amide bonds. The third kappa shape index (κ3) is 2.90. The molecule has 1 aliphatic rings. The standard InChI is InChI=1S/C19H18N2O4/c22-18-17(14-6-2-1-3-7-14)19(23)21(12-15-13-24-10-11-25-15)16-8-4-5-9-20(16)18/h1-9,15H,10-13H2. The first-order valence-corrected chi connectivity index (χ1v) is 8.24. The Morgan fingerprint density at radius 2 is 1.92 bits per heavy atom. The zero-order valence-electron chi connectivity index (χ0n) is 13.6. The summed E-state index contributed by atoms with van der Waals surface area (Å²) in [4.78, 5) is 12.9. The molecule has 1 fully saturated rings. The summed E-state index contributed by atoms with van der Waals surface area (Å²) < 4.78 is 14.2. The molecule has 0 radical (unpaired) electrons. The zero-order valence-corrected chi connectivity index (χ0v) is 13.6. The molecule has 0 saturated carbocycles. The van der Waals surface area contributed by atoms with E-state index in [1.54, 1.807) is 35.0 Å². The topological polar surface area (TPSA) is 66.9 Å². The van der Waals surface area contributed by atoms with Crippen molar-refractivity contribution in [3.05, 3.63) is 65.1 Å². The zero-order chi connectivity index (χ0) is 17.2. The van der Waals surface area contributed by atoms with Crippen molar-refractivity contribution in [2.24, 2.45) is 0 Å². The van der Waals surface area contributed by atoms with Crippen molar-refractivity contribution < 1.29 is 19.1 Å². The SMILES string of the molecule is O=c1c(-c2ccccc2)c([O-])[n+](CC2COCCO2)c2ccccn12. The predicted molar refractivity (Wildman–Crippen MR) is 89.3 cm³/mol. The van der Waals surface area contributed by atoms with Crippen molar-refractivity contribution in [2.75, 3.05) is 19.8 Å². The molecule has 6 nitrogen and oxygen atoms in total. The van der Waals surface area contributed by atoms with E-state index >= 15 is 0 Å². The van der Waals surface area contributed by atoms with Crippen molar-refractivity contribution in [2.45, 2.75) is 12.6 Å². The van der Waals surface area contributed by atoms with Gasteiger partial charge < -0.3 is 14.6 Å². The molecule has 1 saturated heterocycles. The van der Waals surface area contributed by atoms with Crippen LogP contribution in [0.1, 0.15) is 0 Å². The molecule has 0 bridgehead atoms. The third-order valence-electron chi connectivity index (χ3n) is 4.34. The Kier molecular flexibility index (Phi) is 4.21. The van der Waals surface area contributed by atoms with Crippen molar-refractivity contribution >= 4 is 5.65 Å². The summed E-state index contributed by atoms with van der Waals surface area (Å²) in [6.45, 7) is 1.85. The lowest BCUT2D eigenvalue weighted by molar-refractivity contribution is -0.722. The molecule has 25 heavy (non-hydrogen) atoms. The maximum absolute atomic E-state index is 13.1. The Hall–Kier alpha value is -2.70. The normalized spacial score (nSPS) is 17.7. The Morgan fingerprint density at radius 3 is 2.68 bits per heavy atom. The molecule has 1 aromatic carbocycles. The number of pyridine rings is 1. The van der Waals surface area contributed by atoms with Gasteiger partial charge in [0.15, 0.2) is 0 Å². The summed E-state index contributed by atoms with van der Waals surface area (Å²) in [7, 11) is 0. The molecular formula is C19H18N2O4. The van der Waals surface area contributed by atoms with Crippen molar-refractivity contribution in [3.63, 3.8) is 0 Å². The lowest BCUT2D eigenvalue weighted by Crippen LogP contribution is -2.50. The molecule has 1 aliphatic heterocycles. The minimum atomic E-state index is -0.316. The largest absolute Gasteiger partial charge is 0.842 e. The van der Waals surface area contributed by atoms with Gasteiger partial charge in [-0.15, -0.1) is 0 Å². The summed E-state index contributed by atoms with van der Waals surface area (Å²) in [6, 6.07) is 14.4. The second-order valence-electron chi connectivity index (χ2n) is 5.96. The summed E-state index contributed by atoms with van der Waals surface area (Å²) in [5.41, 5.74) is 1.02. The molecule has 4 rings (SSSR count). The highest BCUT2D eigenvalue weighted by atomic mass is 16.6. The smallest absolute Gasteiger partial charge is 0.349 e. The monoisotopic (exact) mass is 338 g/mol. The minimum Gasteiger partial charge on any atom is -0.842 e. The van der Waals surface area contributed by atoms with Gasteiger partial charge in [0.1, 0.15) is 18.2 Å². The molecule has 6 heteroatoms. The van der Waals surface area contributed by atoms with Crippen LogP contribution in [-0.2, 0) is 16.0 Å². The first-order chi connectivity index (χ1) is 12.3. The number of rotatable bonds is 3. The van der Waals surface area contributed by atoms with Gasteiger partial charge in [-0.2, -0.15) is 4.40 Å². The van der Waals surface area contributed by atoms with Gasteiger partial charge in [0.25, 0.3) is 5.65 Å². The van der Waals surface area contributed by atoms with E-state index in [1.807, 2.05) is 24.3 Å². The van der Waals surface area contributed by atoms with E-state index in [2.05, 4.69) is 0 Å². The summed E-state index contributed by atoms with van der Waals surface area (Å²) >= 11 is 0. The van der Waals surface area contributed by atoms with Crippen molar-refractivity contribution in [1.82, 2.24) is 4.40 Å². The molecule has 3 aromatic rings. The van der Waals surface area contributed by atoms with Crippen LogP contribution in [0.15, 0.2) is 59.5 Å². The van der Waals surface area contributed by atoms with Gasteiger partial charge in [-0.25, -0.2) is 9.36 Å². The number of fused-ring (bicyclic) bond motifs is 1. The molecule has 128 valence electrons. The fourth-order valence-electron chi connectivity index (χ4n) is 3.15. The fourth-order valence-corrected chi connectivity index (χ4v) is 3.15. The van der Waals surface area contributed by atoms with Crippen LogP contribution in [0.4, 0.5) is 0 Å². The first-order valence-electron chi connectivity index (χ1n) is 8.24. The van der Waals surface area contributed by atoms with Crippen LogP contribution in [0.2, 0.25) is 0 Å². The Balaban J connectivity index is 1.92. The molecule has 0 spiro atoms. The van der Waals surface area contributed by atoms with Crippen molar-refractivity contribution in [3.8, 4) is 17.0 Å². The van der Waals surface area contributed by atoms with Crippen LogP contribution >= 0.6 is 0 Å². The summed E-state index contributed by atoms with van der Waals surface area (Å²) in [5, 5.41) is 13.1. The minimum absolute atomic E-state index is 0.168. The number of ether oxygens (including phenoxy) is 2. The predicted octanol–water partition coefficient (Wildman–Crippen LogP) is 0.743. The van der Waals surface area contributed by atoms with Gasteiger partial charge in [0, 0.05) is 6.07 Å². The van der Waals surface area contributed by atoms with Crippen molar-refractivity contribution in [1.29, 1.82) is 0 Å². The van der Waals surface area contributed by atoms with Crippen LogP contribution in [-0.4, -0.2) is 30.3 Å². The number of hydrogen-bond acceptors (Lipinski definition) is 4. The van der Waals surface area contributed by atoms with E-state index in [9.17, 15) is 9.90 Å². The number of benzene rings is 1. The fraction of sp³-hybridized carbons (Fsp3) is 0.263. The van der Waals surface area contributed by atoms with Crippen LogP contribution < -0.4 is 15.2 Å². The maximum atomic E-state index is 13.1. The Morgan fingerprint density at radius 1 is 1.12 bits per heavy atom. The van der Waals surface area contributed by atoms with Gasteiger partial charge in [-0.1, -0.05) is 36.4 Å². The molecule has 1 atom stereocenters. The first kappa shape index (κ1) is 15.8. The lowest BCUT2D eigenvalue weighted by Gasteiger charge is -2.24. The van der Waals surface area contributed by atoms with Gasteiger partial charge in [-0.3, -0.25) is 0 Å². The van der Waals surface area contributed by atoms with Crippen LogP contribution in [0, 0.1) is 0 Å². The van der Waals surface area contributed by atoms with E-state index in [4.69, 9.17) is 9.47 Å². The van der Waals surface area contributed by atoms with Gasteiger partial charge >= 0.3 is 5.56 Å². The van der Waals surface area contributed by atoms with E-state index in [0.29, 0.717) is 37.6 Å². The highest BCUT2D eigenvalue weighted by Crippen LogP contribution is 2.21. The summed E-state index contributed by atoms with van der Waals surface area (Å²) in [6.07, 6.45) is 1.47. The second-order valence-corrected chi connectivity index (χ2v) is 5.96. The average molecular weight is 338 g/mol. The molecular weight excluding hydrogens is 320 g/mol. The molecule has 0 aliphatic carbocycles. The number of aromatic nitrogens is 2. The van der Waals surface area contributed by atoms with Crippen LogP contribution in [0.25, 0.3) is 16.8 Å². The van der Waals surface area contributed by atoms with Gasteiger partial charge in [0.2, 0.25) is 0 Å². The highest BCUT2D eigenvalue weighted by molar-refractivity contribution is 5.66. The lowest BCUT2D eigenvalue weighted by atomic mass is 10.1. The molecule has 1 unspecified atom stereocenters. The van der Waals surface area contributed by atoms with E-state index in [0.717, 1.165) is 0 Å². The molecule has 3 heterocycles. The van der Waals surface area contributed by atoms with Gasteiger partial charge in [-0.05, 0) is 11.6 Å². The average Bonchev–Trinajstić information content (AvgIpc) is 2.67. The molecule has 2 aromatic heterocycles. The van der Waals surface area contributed by atoms with Crippen LogP contribution in [0.3, 0.4) is 0 Å². The van der Waals surface area contributed by atoms with E-state index in [-0.39, 0.29) is 23.1 Å². The third-order valence-corrected chi connectivity index (χ3v) is 4.34. The summed E-state index contributed by atoms with van der Waals surface area (Å²) in [5.74, 6) is -0.309. The Labute approximate surface area is 144 Å². The van der Waals surface area contributed by atoms with E-state index < -0.39 is 0 Å². The van der Waals surface area contributed by atoms with E-state index in [1.165, 1.54) is 4.40 Å². The van der Waals surface area contributed by atoms with Gasteiger partial charge in [0.05, 0.1) is 31.9 Å².